The molecule has 1 rings (SSSR count). The average Bonchev–Trinajstić information content (AvgIpc) is 2.54. The van der Waals surface area contributed by atoms with Crippen LogP contribution in [0.2, 0.25) is 0 Å². The van der Waals surface area contributed by atoms with Crippen LogP contribution in [-0.2, 0) is 16.6 Å². The van der Waals surface area contributed by atoms with Gasteiger partial charge in [0.25, 0.3) is 0 Å². The van der Waals surface area contributed by atoms with Crippen LogP contribution < -0.4 is 0 Å². The van der Waals surface area contributed by atoms with Gasteiger partial charge in [-0.25, -0.2) is 4.68 Å². The summed E-state index contributed by atoms with van der Waals surface area (Å²) in [5, 5.41) is 19.2. The summed E-state index contributed by atoms with van der Waals surface area (Å²) in [6, 6.07) is 1.79. The Labute approximate surface area is 80.3 Å². The number of nitriles is 1. The second-order valence-corrected chi connectivity index (χ2v) is 2.47. The molecule has 0 aliphatic rings. The fraction of sp³-hybridized carbons (Fsp3) is 0.571. The van der Waals surface area contributed by atoms with E-state index in [1.807, 2.05) is 0 Å². The van der Waals surface area contributed by atoms with Crippen molar-refractivity contribution in [2.45, 2.75) is 12.8 Å². The van der Waals surface area contributed by atoms with Crippen LogP contribution in [-0.4, -0.2) is 32.8 Å². The van der Waals surface area contributed by atoms with Gasteiger partial charge in [0.05, 0.1) is 12.7 Å². The molecule has 0 radical (unpaired) electrons. The largest absolute Gasteiger partial charge is 0.465 e. The molecule has 0 bridgehead atoms. The molecule has 0 aliphatic heterocycles. The first-order valence-corrected chi connectivity index (χ1v) is 3.99. The number of nitrogens with zero attached hydrogens (tertiary/aromatic N) is 5. The van der Waals surface area contributed by atoms with Gasteiger partial charge in [-0.3, -0.25) is 4.79 Å². The number of carbonyl (C=O) groups excluding carboxylic acids is 1. The molecule has 14 heavy (non-hydrogen) atoms. The van der Waals surface area contributed by atoms with Gasteiger partial charge in [0.1, 0.15) is 0 Å². The number of esters is 1. The van der Waals surface area contributed by atoms with Crippen molar-refractivity contribution in [1.82, 2.24) is 20.2 Å². The van der Waals surface area contributed by atoms with Gasteiger partial charge in [0.2, 0.25) is 5.92 Å². The highest BCUT2D eigenvalue weighted by Gasteiger charge is 2.26. The molecular formula is C7H9N5O2. The Morgan fingerprint density at radius 1 is 1.79 bits per heavy atom. The predicted octanol–water partition coefficient (Wildman–Crippen LogP) is -0.620. The molecule has 1 unspecified atom stereocenters. The molecule has 7 nitrogen and oxygen atoms in total. The van der Waals surface area contributed by atoms with Gasteiger partial charge < -0.3 is 4.74 Å². The summed E-state index contributed by atoms with van der Waals surface area (Å²) in [6.07, 6.45) is 0. The zero-order chi connectivity index (χ0) is 10.6. The van der Waals surface area contributed by atoms with Crippen molar-refractivity contribution in [2.75, 3.05) is 6.61 Å². The maximum Gasteiger partial charge on any atom is 0.331 e. The molecule has 7 heteroatoms. The predicted molar refractivity (Wildman–Crippen MR) is 43.8 cm³/mol. The van der Waals surface area contributed by atoms with Crippen molar-refractivity contribution < 1.29 is 9.53 Å². The normalized spacial score (nSPS) is 11.8. The molecule has 0 amide bonds. The third kappa shape index (κ3) is 1.85. The monoisotopic (exact) mass is 195 g/mol. The molecule has 0 saturated heterocycles. The van der Waals surface area contributed by atoms with Crippen LogP contribution in [0.3, 0.4) is 0 Å². The van der Waals surface area contributed by atoms with Crippen LogP contribution in [0.25, 0.3) is 0 Å². The van der Waals surface area contributed by atoms with Gasteiger partial charge in [-0.15, -0.1) is 5.10 Å². The fourth-order valence-corrected chi connectivity index (χ4v) is 0.922. The standard InChI is InChI=1S/C7H9N5O2/c1-3-14-7(13)5(4-8)6-9-10-11-12(6)2/h5H,3H2,1-2H3. The zero-order valence-electron chi connectivity index (χ0n) is 7.84. The lowest BCUT2D eigenvalue weighted by Gasteiger charge is -2.05. The topological polar surface area (TPSA) is 93.7 Å². The SMILES string of the molecule is CCOC(=O)C(C#N)c1nnnn1C. The van der Waals surface area contributed by atoms with Gasteiger partial charge in [0.15, 0.2) is 5.82 Å². The fourth-order valence-electron chi connectivity index (χ4n) is 0.922. The number of hydrogen-bond acceptors (Lipinski definition) is 6. The first-order chi connectivity index (χ1) is 6.70. The zero-order valence-corrected chi connectivity index (χ0v) is 7.84. The van der Waals surface area contributed by atoms with Gasteiger partial charge in [-0.05, 0) is 17.4 Å². The highest BCUT2D eigenvalue weighted by atomic mass is 16.5. The summed E-state index contributed by atoms with van der Waals surface area (Å²) in [7, 11) is 1.55. The van der Waals surface area contributed by atoms with Crippen molar-refractivity contribution in [3.8, 4) is 6.07 Å². The van der Waals surface area contributed by atoms with Gasteiger partial charge in [-0.1, -0.05) is 0 Å². The van der Waals surface area contributed by atoms with E-state index in [9.17, 15) is 4.79 Å². The number of carbonyl (C=O) groups is 1. The van der Waals surface area contributed by atoms with Crippen molar-refractivity contribution in [2.24, 2.45) is 7.05 Å². The third-order valence-electron chi connectivity index (χ3n) is 1.56. The van der Waals surface area contributed by atoms with E-state index in [4.69, 9.17) is 10.00 Å². The van der Waals surface area contributed by atoms with Crippen molar-refractivity contribution in [3.05, 3.63) is 5.82 Å². The number of hydrogen-bond donors (Lipinski definition) is 0. The summed E-state index contributed by atoms with van der Waals surface area (Å²) in [4.78, 5) is 11.3. The second-order valence-electron chi connectivity index (χ2n) is 2.47. The summed E-state index contributed by atoms with van der Waals surface area (Å²) >= 11 is 0. The van der Waals surface area contributed by atoms with Crippen LogP contribution in [0, 0.1) is 11.3 Å². The molecule has 1 aromatic rings. The van der Waals surface area contributed by atoms with Crippen LogP contribution in [0.5, 0.6) is 0 Å². The Balaban J connectivity index is 2.89. The van der Waals surface area contributed by atoms with E-state index in [-0.39, 0.29) is 12.4 Å². The van der Waals surface area contributed by atoms with Crippen molar-refractivity contribution in [3.63, 3.8) is 0 Å². The number of tetrazole rings is 1. The molecule has 1 aromatic heterocycles. The highest BCUT2D eigenvalue weighted by molar-refractivity contribution is 5.80. The minimum Gasteiger partial charge on any atom is -0.465 e. The summed E-state index contributed by atoms with van der Waals surface area (Å²) in [6.45, 7) is 1.89. The average molecular weight is 195 g/mol. The molecule has 74 valence electrons. The van der Waals surface area contributed by atoms with Gasteiger partial charge >= 0.3 is 5.97 Å². The molecule has 0 spiro atoms. The molecule has 1 heterocycles. The molecule has 0 saturated carbocycles. The van der Waals surface area contributed by atoms with E-state index in [1.54, 1.807) is 20.0 Å². The molecule has 0 N–H and O–H groups in total. The smallest absolute Gasteiger partial charge is 0.331 e. The first kappa shape index (κ1) is 10.1. The molecule has 0 fully saturated rings. The van der Waals surface area contributed by atoms with Crippen LogP contribution in [0.4, 0.5) is 0 Å². The van der Waals surface area contributed by atoms with Crippen LogP contribution in [0.1, 0.15) is 18.7 Å². The lowest BCUT2D eigenvalue weighted by atomic mass is 10.1. The maximum atomic E-state index is 11.3. The first-order valence-electron chi connectivity index (χ1n) is 3.99. The lowest BCUT2D eigenvalue weighted by molar-refractivity contribution is -0.143. The van der Waals surface area contributed by atoms with Crippen molar-refractivity contribution >= 4 is 5.97 Å². The molecular weight excluding hydrogens is 186 g/mol. The summed E-state index contributed by atoms with van der Waals surface area (Å²) in [5.41, 5.74) is 0. The van der Waals surface area contributed by atoms with E-state index in [2.05, 4.69) is 15.5 Å². The van der Waals surface area contributed by atoms with E-state index in [0.29, 0.717) is 0 Å². The number of aromatic nitrogens is 4. The Kier molecular flexibility index (Phi) is 3.12. The minimum atomic E-state index is -1.06. The Morgan fingerprint density at radius 2 is 2.50 bits per heavy atom. The molecule has 0 aliphatic carbocycles. The lowest BCUT2D eigenvalue weighted by Crippen LogP contribution is -2.18. The highest BCUT2D eigenvalue weighted by Crippen LogP contribution is 2.11. The third-order valence-corrected chi connectivity index (χ3v) is 1.56. The Bertz CT molecular complexity index is 366. The van der Waals surface area contributed by atoms with E-state index < -0.39 is 11.9 Å². The minimum absolute atomic E-state index is 0.186. The second kappa shape index (κ2) is 4.32. The number of aryl methyl sites for hydroxylation is 1. The summed E-state index contributed by atoms with van der Waals surface area (Å²) in [5.74, 6) is -1.51. The molecule has 0 aromatic carbocycles. The number of ether oxygens (including phenoxy) is 1. The Morgan fingerprint density at radius 3 is 2.93 bits per heavy atom. The van der Waals surface area contributed by atoms with Crippen LogP contribution >= 0.6 is 0 Å². The van der Waals surface area contributed by atoms with E-state index >= 15 is 0 Å². The van der Waals surface area contributed by atoms with Crippen molar-refractivity contribution in [1.29, 1.82) is 5.26 Å². The van der Waals surface area contributed by atoms with E-state index in [1.165, 1.54) is 4.68 Å². The maximum absolute atomic E-state index is 11.3. The summed E-state index contributed by atoms with van der Waals surface area (Å²) < 4.78 is 5.97. The molecule has 1 atom stereocenters. The quantitative estimate of drug-likeness (QED) is 0.596. The van der Waals surface area contributed by atoms with Gasteiger partial charge in [0, 0.05) is 7.05 Å². The number of rotatable bonds is 3. The Hall–Kier alpha value is -1.97. The van der Waals surface area contributed by atoms with Gasteiger partial charge in [-0.2, -0.15) is 5.26 Å². The van der Waals surface area contributed by atoms with E-state index in [0.717, 1.165) is 0 Å². The van der Waals surface area contributed by atoms with Crippen LogP contribution in [0.15, 0.2) is 0 Å².